The first-order valence-corrected chi connectivity index (χ1v) is 6.98. The Balaban J connectivity index is 0.000000583. The van der Waals surface area contributed by atoms with E-state index in [9.17, 15) is 0 Å². The lowest BCUT2D eigenvalue weighted by atomic mass is 9.77. The third-order valence-electron chi connectivity index (χ3n) is 3.63. The number of allylic oxidation sites excluding steroid dienone is 2. The van der Waals surface area contributed by atoms with Crippen LogP contribution >= 0.6 is 23.2 Å². The Morgan fingerprint density at radius 3 is 2.06 bits per heavy atom. The number of fused-ring (bicyclic) bond motifs is 2. The predicted octanol–water partition coefficient (Wildman–Crippen LogP) is 0.720. The Morgan fingerprint density at radius 2 is 1.76 bits per heavy atom. The lowest BCUT2D eigenvalue weighted by molar-refractivity contribution is -0.877. The van der Waals surface area contributed by atoms with Crippen molar-refractivity contribution in [3.05, 3.63) is 12.2 Å². The van der Waals surface area contributed by atoms with Crippen molar-refractivity contribution < 1.29 is 28.5 Å². The van der Waals surface area contributed by atoms with Gasteiger partial charge in [0.2, 0.25) is 0 Å². The van der Waals surface area contributed by atoms with Crippen molar-refractivity contribution in [3.8, 4) is 0 Å². The molecular weight excluding hydrogens is 368 g/mol. The van der Waals surface area contributed by atoms with Gasteiger partial charge in [-0.25, -0.2) is 0 Å². The standard InChI is InChI=1S/C12H22N.CH2Cl2.HI/c1-12(9-13(2,3)4)8-10-5-6-11(12)7-10;2-1-3;/h5-6,10-11H,7-9H2,1-4H3;1H2;1H/q+1;;/p-1/t10-,11+,12-;;/m0../s1. The van der Waals surface area contributed by atoms with Gasteiger partial charge in [0.25, 0.3) is 0 Å². The van der Waals surface area contributed by atoms with Gasteiger partial charge in [-0.1, -0.05) is 19.1 Å². The summed E-state index contributed by atoms with van der Waals surface area (Å²) in [7, 11) is 6.92. The van der Waals surface area contributed by atoms with Crippen molar-refractivity contribution in [2.45, 2.75) is 19.8 Å². The fourth-order valence-corrected chi connectivity index (χ4v) is 3.46. The van der Waals surface area contributed by atoms with Crippen molar-refractivity contribution in [1.82, 2.24) is 0 Å². The topological polar surface area (TPSA) is 0 Å². The molecule has 1 saturated carbocycles. The molecule has 2 aliphatic carbocycles. The second kappa shape index (κ2) is 6.97. The van der Waals surface area contributed by atoms with E-state index in [0.717, 1.165) is 16.3 Å². The average molecular weight is 392 g/mol. The lowest BCUT2D eigenvalue weighted by Gasteiger charge is -2.38. The Hall–Kier alpha value is 1.01. The number of rotatable bonds is 2. The van der Waals surface area contributed by atoms with Crippen LogP contribution < -0.4 is 24.0 Å². The van der Waals surface area contributed by atoms with E-state index in [1.807, 2.05) is 0 Å². The lowest BCUT2D eigenvalue weighted by Crippen LogP contribution is -3.00. The summed E-state index contributed by atoms with van der Waals surface area (Å²) < 4.78 is 1.10. The number of hydrogen-bond donors (Lipinski definition) is 0. The van der Waals surface area contributed by atoms with E-state index in [1.54, 1.807) is 0 Å². The first-order chi connectivity index (χ1) is 7.30. The zero-order chi connectivity index (χ0) is 12.4. The Morgan fingerprint density at radius 1 is 1.24 bits per heavy atom. The van der Waals surface area contributed by atoms with Gasteiger partial charge in [0.05, 0.1) is 33.0 Å². The summed E-state index contributed by atoms with van der Waals surface area (Å²) in [5, 5.41) is 0.194. The van der Waals surface area contributed by atoms with Gasteiger partial charge in [-0.2, -0.15) is 0 Å². The summed E-state index contributed by atoms with van der Waals surface area (Å²) in [6, 6.07) is 0. The van der Waals surface area contributed by atoms with Crippen LogP contribution in [-0.4, -0.2) is 37.5 Å². The van der Waals surface area contributed by atoms with Crippen molar-refractivity contribution in [3.63, 3.8) is 0 Å². The summed E-state index contributed by atoms with van der Waals surface area (Å²) in [5.74, 6) is 1.77. The molecule has 17 heavy (non-hydrogen) atoms. The number of halogens is 3. The van der Waals surface area contributed by atoms with Crippen molar-refractivity contribution in [1.29, 1.82) is 0 Å². The van der Waals surface area contributed by atoms with Gasteiger partial charge in [0.1, 0.15) is 0 Å². The summed E-state index contributed by atoms with van der Waals surface area (Å²) in [6.07, 6.45) is 7.74. The fourth-order valence-electron chi connectivity index (χ4n) is 3.46. The van der Waals surface area contributed by atoms with E-state index >= 15 is 0 Å². The monoisotopic (exact) mass is 391 g/mol. The highest BCUT2D eigenvalue weighted by atomic mass is 127. The number of nitrogens with zero attached hydrogens (tertiary/aromatic N) is 1. The molecule has 4 heteroatoms. The first kappa shape index (κ1) is 18.0. The normalized spacial score (nSPS) is 34.0. The maximum atomic E-state index is 4.76. The third-order valence-corrected chi connectivity index (χ3v) is 3.63. The van der Waals surface area contributed by atoms with E-state index in [1.165, 1.54) is 19.4 Å². The molecular formula is C13H24Cl2IN. The van der Waals surface area contributed by atoms with E-state index < -0.39 is 0 Å². The third kappa shape index (κ3) is 5.25. The molecule has 0 saturated heterocycles. The molecule has 0 aromatic heterocycles. The van der Waals surface area contributed by atoms with E-state index in [4.69, 9.17) is 23.2 Å². The van der Waals surface area contributed by atoms with Gasteiger partial charge in [-0.3, -0.25) is 0 Å². The molecule has 0 unspecified atom stereocenters. The van der Waals surface area contributed by atoms with Gasteiger partial charge < -0.3 is 28.5 Å². The maximum absolute atomic E-state index is 4.76. The molecule has 0 spiro atoms. The molecule has 2 aliphatic rings. The van der Waals surface area contributed by atoms with Crippen LogP contribution in [0.1, 0.15) is 19.8 Å². The smallest absolute Gasteiger partial charge is 0.0967 e. The van der Waals surface area contributed by atoms with Crippen molar-refractivity contribution >= 4 is 23.2 Å². The highest BCUT2D eigenvalue weighted by Gasteiger charge is 2.47. The SMILES string of the molecule is C[C@@]1(C[N+](C)(C)C)C[C@H]2C=C[C@@H]1C2.ClCCl.[I-]. The van der Waals surface area contributed by atoms with Crippen LogP contribution in [0.25, 0.3) is 0 Å². The molecule has 102 valence electrons. The number of alkyl halides is 2. The molecule has 1 fully saturated rings. The fraction of sp³-hybridized carbons (Fsp3) is 0.846. The molecule has 0 aliphatic heterocycles. The first-order valence-electron chi connectivity index (χ1n) is 5.91. The molecule has 3 atom stereocenters. The highest BCUT2D eigenvalue weighted by Crippen LogP contribution is 2.52. The molecule has 2 bridgehead atoms. The summed E-state index contributed by atoms with van der Waals surface area (Å²) >= 11 is 9.53. The molecule has 2 rings (SSSR count). The van der Waals surface area contributed by atoms with Gasteiger partial charge in [0, 0.05) is 5.41 Å². The largest absolute Gasteiger partial charge is 1.00 e. The number of hydrogen-bond acceptors (Lipinski definition) is 0. The van der Waals surface area contributed by atoms with Crippen LogP contribution in [0.15, 0.2) is 12.2 Å². The van der Waals surface area contributed by atoms with Crippen LogP contribution in [0.5, 0.6) is 0 Å². The minimum Gasteiger partial charge on any atom is -1.00 e. The van der Waals surface area contributed by atoms with Gasteiger partial charge in [0.15, 0.2) is 0 Å². The minimum absolute atomic E-state index is 0. The predicted molar refractivity (Wildman–Crippen MR) is 72.9 cm³/mol. The summed E-state index contributed by atoms with van der Waals surface area (Å²) in [6.45, 7) is 3.79. The molecule has 0 amide bonds. The van der Waals surface area contributed by atoms with Crippen molar-refractivity contribution in [2.24, 2.45) is 17.3 Å². The zero-order valence-electron chi connectivity index (χ0n) is 11.2. The maximum Gasteiger partial charge on any atom is 0.0967 e. The minimum atomic E-state index is 0. The highest BCUT2D eigenvalue weighted by molar-refractivity contribution is 6.40. The second-order valence-corrected chi connectivity index (χ2v) is 7.20. The Kier molecular flexibility index (Phi) is 7.38. The molecule has 0 aromatic rings. The van der Waals surface area contributed by atoms with Crippen LogP contribution in [0.2, 0.25) is 0 Å². The van der Waals surface area contributed by atoms with Crippen LogP contribution in [-0.2, 0) is 0 Å². The molecule has 0 heterocycles. The Bertz CT molecular complexity index is 263. The average Bonchev–Trinajstić information content (AvgIpc) is 2.59. The van der Waals surface area contributed by atoms with Crippen LogP contribution in [0.3, 0.4) is 0 Å². The molecule has 0 N–H and O–H groups in total. The van der Waals surface area contributed by atoms with Gasteiger partial charge in [-0.15, -0.1) is 23.2 Å². The zero-order valence-corrected chi connectivity index (χ0v) is 14.9. The van der Waals surface area contributed by atoms with Crippen LogP contribution in [0, 0.1) is 17.3 Å². The van der Waals surface area contributed by atoms with Crippen molar-refractivity contribution in [2.75, 3.05) is 33.0 Å². The van der Waals surface area contributed by atoms with E-state index in [2.05, 4.69) is 40.2 Å². The van der Waals surface area contributed by atoms with Gasteiger partial charge >= 0.3 is 0 Å². The van der Waals surface area contributed by atoms with Gasteiger partial charge in [-0.05, 0) is 24.7 Å². The second-order valence-electron chi connectivity index (χ2n) is 6.39. The quantitative estimate of drug-likeness (QED) is 0.281. The van der Waals surface area contributed by atoms with E-state index in [0.29, 0.717) is 5.41 Å². The summed E-state index contributed by atoms with van der Waals surface area (Å²) in [5.41, 5.74) is 0.581. The van der Waals surface area contributed by atoms with E-state index in [-0.39, 0.29) is 29.3 Å². The molecule has 0 radical (unpaired) electrons. The molecule has 1 nitrogen and oxygen atoms in total. The van der Waals surface area contributed by atoms with Crippen LogP contribution in [0.4, 0.5) is 0 Å². The number of quaternary nitrogens is 1. The molecule has 0 aromatic carbocycles. The summed E-state index contributed by atoms with van der Waals surface area (Å²) in [4.78, 5) is 0. The Labute approximate surface area is 133 Å².